The zero-order chi connectivity index (χ0) is 32.5. The van der Waals surface area contributed by atoms with Crippen molar-refractivity contribution in [2.45, 2.75) is 86.5 Å². The Bertz CT molecular complexity index is 1040. The Morgan fingerprint density at radius 2 is 1.52 bits per heavy atom. The van der Waals surface area contributed by atoms with Crippen LogP contribution in [-0.2, 0) is 57.2 Å². The van der Waals surface area contributed by atoms with Crippen LogP contribution in [0.25, 0.3) is 0 Å². The highest BCUT2D eigenvalue weighted by molar-refractivity contribution is 6.76. The lowest BCUT2D eigenvalue weighted by Crippen LogP contribution is -2.68. The maximum atomic E-state index is 12.7. The van der Waals surface area contributed by atoms with Gasteiger partial charge in [0, 0.05) is 27.7 Å². The van der Waals surface area contributed by atoms with E-state index >= 15 is 0 Å². The number of nitrogens with one attached hydrogen (secondary N) is 1. The normalized spacial score (nSPS) is 25.0. The molecule has 0 bridgehead atoms. The monoisotopic (exact) mass is 664 g/mol. The molecule has 0 aromatic heterocycles. The minimum atomic E-state index is -2.59. The predicted octanol–water partition coefficient (Wildman–Crippen LogP) is -1.30. The number of halogens is 3. The van der Waals surface area contributed by atoms with Crippen molar-refractivity contribution < 1.29 is 67.4 Å². The van der Waals surface area contributed by atoms with E-state index in [4.69, 9.17) is 69.0 Å². The van der Waals surface area contributed by atoms with Crippen molar-refractivity contribution >= 4 is 70.5 Å². The number of esters is 4. The molecule has 1 fully saturated rings. The minimum Gasteiger partial charge on any atom is -0.463 e. The number of aliphatic hydroxyl groups is 2. The number of amides is 2. The fourth-order valence-electron chi connectivity index (χ4n) is 3.70. The van der Waals surface area contributed by atoms with E-state index in [-0.39, 0.29) is 0 Å². The van der Waals surface area contributed by atoms with Crippen LogP contribution in [0.3, 0.4) is 0 Å². The highest BCUT2D eigenvalue weighted by atomic mass is 35.6. The maximum absolute atomic E-state index is 12.7. The van der Waals surface area contributed by atoms with Gasteiger partial charge >= 0.3 is 23.9 Å². The average molecular weight is 666 g/mol. The Labute approximate surface area is 254 Å². The lowest BCUT2D eigenvalue weighted by atomic mass is 9.95. The molecule has 1 saturated heterocycles. The number of nitrogens with two attached hydrogens (primary N) is 1. The van der Waals surface area contributed by atoms with Gasteiger partial charge in [0.25, 0.3) is 9.70 Å². The van der Waals surface area contributed by atoms with Gasteiger partial charge in [0.15, 0.2) is 30.7 Å². The lowest BCUT2D eigenvalue weighted by Gasteiger charge is -2.46. The van der Waals surface area contributed by atoms with Crippen LogP contribution in [0.15, 0.2) is 12.7 Å². The highest BCUT2D eigenvalue weighted by Crippen LogP contribution is 2.32. The number of hydrogen-bond donors (Lipinski definition) is 4. The Morgan fingerprint density at radius 3 is 1.95 bits per heavy atom. The molecule has 19 heteroatoms. The molecule has 0 radical (unpaired) electrons. The number of aliphatic hydroxyl groups excluding tert-OH is 2. The summed E-state index contributed by atoms with van der Waals surface area (Å²) in [6, 6.07) is -1.69. The van der Waals surface area contributed by atoms with Crippen LogP contribution < -0.4 is 11.1 Å². The second-order valence-electron chi connectivity index (χ2n) is 8.74. The summed E-state index contributed by atoms with van der Waals surface area (Å²) in [5, 5.41) is 22.8. The standard InChI is InChI=1S/C23H31Cl3N2O14/c1-6-12(17(38-9(3)30)15(33)16(34)20(27)35)41-21-14(28-22(36)23(24,25)26)19(40-11(5)32)18(39-10(4)31)13(42-21)7-37-8(2)29/h6,12-19,21,33-34H,1,7H2,2-5H3,(H2,27,35)(H,28,36)/t12-,13+,14+,15-,16-,17+,18+,19+,21+/m0/s1. The second-order valence-corrected chi connectivity index (χ2v) is 11.0. The molecular weight excluding hydrogens is 635 g/mol. The molecule has 0 aromatic rings. The molecule has 1 heterocycles. The van der Waals surface area contributed by atoms with Gasteiger partial charge in [0.2, 0.25) is 5.91 Å². The Balaban J connectivity index is 3.72. The average Bonchev–Trinajstić information content (AvgIpc) is 2.85. The maximum Gasteiger partial charge on any atom is 0.303 e. The van der Waals surface area contributed by atoms with Crippen LogP contribution in [0.2, 0.25) is 0 Å². The first kappa shape index (κ1) is 37.3. The van der Waals surface area contributed by atoms with Crippen LogP contribution in [0.4, 0.5) is 0 Å². The molecule has 0 spiro atoms. The topological polar surface area (TPSA) is 236 Å². The number of rotatable bonds is 13. The number of primary amides is 1. The lowest BCUT2D eigenvalue weighted by molar-refractivity contribution is -0.292. The van der Waals surface area contributed by atoms with E-state index in [0.29, 0.717) is 0 Å². The van der Waals surface area contributed by atoms with Crippen molar-refractivity contribution in [2.24, 2.45) is 5.73 Å². The quantitative estimate of drug-likeness (QED) is 0.0775. The van der Waals surface area contributed by atoms with Gasteiger partial charge < -0.3 is 49.7 Å². The summed E-state index contributed by atoms with van der Waals surface area (Å²) in [5.74, 6) is -6.31. The third kappa shape index (κ3) is 11.2. The summed E-state index contributed by atoms with van der Waals surface area (Å²) >= 11 is 17.1. The van der Waals surface area contributed by atoms with Crippen LogP contribution >= 0.6 is 34.8 Å². The van der Waals surface area contributed by atoms with Gasteiger partial charge in [-0.15, -0.1) is 6.58 Å². The summed E-state index contributed by atoms with van der Waals surface area (Å²) < 4.78 is 29.7. The Hall–Kier alpha value is -2.73. The first-order chi connectivity index (χ1) is 19.3. The molecule has 1 rings (SSSR count). The third-order valence-corrected chi connectivity index (χ3v) is 5.87. The number of hydrogen-bond acceptors (Lipinski definition) is 14. The van der Waals surface area contributed by atoms with Crippen molar-refractivity contribution in [3.05, 3.63) is 12.7 Å². The van der Waals surface area contributed by atoms with Crippen LogP contribution in [0, 0.1) is 0 Å². The highest BCUT2D eigenvalue weighted by Gasteiger charge is 2.54. The Kier molecular flexibility index (Phi) is 14.4. The van der Waals surface area contributed by atoms with Crippen LogP contribution in [-0.4, -0.2) is 111 Å². The van der Waals surface area contributed by atoms with Crippen molar-refractivity contribution in [3.63, 3.8) is 0 Å². The number of carbonyl (C=O) groups excluding carboxylic acids is 6. The van der Waals surface area contributed by atoms with E-state index in [1.54, 1.807) is 0 Å². The number of alkyl halides is 3. The number of carbonyl (C=O) groups is 6. The largest absolute Gasteiger partial charge is 0.463 e. The molecular formula is C23H31Cl3N2O14. The summed E-state index contributed by atoms with van der Waals surface area (Å²) in [4.78, 5) is 71.6. The smallest absolute Gasteiger partial charge is 0.303 e. The van der Waals surface area contributed by atoms with Gasteiger partial charge in [-0.3, -0.25) is 28.8 Å². The van der Waals surface area contributed by atoms with E-state index < -0.39 is 101 Å². The molecule has 5 N–H and O–H groups in total. The minimum absolute atomic E-state index is 0.606. The van der Waals surface area contributed by atoms with Crippen molar-refractivity contribution in [2.75, 3.05) is 6.61 Å². The predicted molar refractivity (Wildman–Crippen MR) is 140 cm³/mol. The van der Waals surface area contributed by atoms with Gasteiger partial charge in [-0.05, 0) is 0 Å². The van der Waals surface area contributed by atoms with E-state index in [2.05, 4.69) is 11.9 Å². The SMILES string of the molecule is C=C[C@H](O[C@@H]1O[C@H](COC(C)=O)[C@@H](OC(C)=O)[C@H](OC(C)=O)[C@H]1NC(=O)C(Cl)(Cl)Cl)[C@@H](OC(C)=O)[C@@H](O)[C@H](O)C(N)=O. The van der Waals surface area contributed by atoms with Crippen molar-refractivity contribution in [3.8, 4) is 0 Å². The summed E-state index contributed by atoms with van der Waals surface area (Å²) in [7, 11) is 0. The van der Waals surface area contributed by atoms with Crippen molar-refractivity contribution in [1.29, 1.82) is 0 Å². The fourth-order valence-corrected chi connectivity index (χ4v) is 3.86. The molecule has 16 nitrogen and oxygen atoms in total. The molecule has 9 atom stereocenters. The molecule has 0 saturated carbocycles. The van der Waals surface area contributed by atoms with Gasteiger partial charge in [0.1, 0.15) is 31.0 Å². The van der Waals surface area contributed by atoms with Gasteiger partial charge in [-0.25, -0.2) is 0 Å². The molecule has 2 amide bonds. The third-order valence-electron chi connectivity index (χ3n) is 5.36. The van der Waals surface area contributed by atoms with Crippen LogP contribution in [0.1, 0.15) is 27.7 Å². The van der Waals surface area contributed by atoms with Crippen LogP contribution in [0.5, 0.6) is 0 Å². The summed E-state index contributed by atoms with van der Waals surface area (Å²) in [6.45, 7) is 6.90. The molecule has 0 unspecified atom stereocenters. The molecule has 0 aromatic carbocycles. The first-order valence-electron chi connectivity index (χ1n) is 11.9. The summed E-state index contributed by atoms with van der Waals surface area (Å²) in [6.07, 6.45) is -13.5. The van der Waals surface area contributed by atoms with Crippen molar-refractivity contribution in [1.82, 2.24) is 5.32 Å². The van der Waals surface area contributed by atoms with E-state index in [1.165, 1.54) is 0 Å². The van der Waals surface area contributed by atoms with Gasteiger partial charge in [0.05, 0.1) is 0 Å². The Morgan fingerprint density at radius 1 is 0.976 bits per heavy atom. The second kappa shape index (κ2) is 16.2. The summed E-state index contributed by atoms with van der Waals surface area (Å²) in [5.41, 5.74) is 5.05. The fraction of sp³-hybridized carbons (Fsp3) is 0.652. The zero-order valence-electron chi connectivity index (χ0n) is 22.7. The molecule has 1 aliphatic heterocycles. The number of ether oxygens (including phenoxy) is 6. The zero-order valence-corrected chi connectivity index (χ0v) is 25.0. The van der Waals surface area contributed by atoms with E-state index in [1.807, 2.05) is 0 Å². The molecule has 238 valence electrons. The van der Waals surface area contributed by atoms with Gasteiger partial charge in [-0.2, -0.15) is 0 Å². The van der Waals surface area contributed by atoms with Gasteiger partial charge in [-0.1, -0.05) is 40.9 Å². The van der Waals surface area contributed by atoms with E-state index in [9.17, 15) is 39.0 Å². The molecule has 0 aliphatic carbocycles. The molecule has 1 aliphatic rings. The molecule has 42 heavy (non-hydrogen) atoms. The first-order valence-corrected chi connectivity index (χ1v) is 13.0. The van der Waals surface area contributed by atoms with E-state index in [0.717, 1.165) is 33.8 Å².